The van der Waals surface area contributed by atoms with E-state index in [4.69, 9.17) is 15.2 Å². The molecule has 0 radical (unpaired) electrons. The quantitative estimate of drug-likeness (QED) is 0.899. The average molecular weight is 249 g/mol. The van der Waals surface area contributed by atoms with Crippen molar-refractivity contribution in [2.45, 2.75) is 0 Å². The summed E-state index contributed by atoms with van der Waals surface area (Å²) in [4.78, 5) is 7.87. The zero-order valence-corrected chi connectivity index (χ0v) is 9.98. The summed E-state index contributed by atoms with van der Waals surface area (Å²) in [5.74, 6) is 0.217. The van der Waals surface area contributed by atoms with Gasteiger partial charge in [-0.2, -0.15) is 0 Å². The maximum absolute atomic E-state index is 13.6. The van der Waals surface area contributed by atoms with Crippen LogP contribution in [-0.4, -0.2) is 24.2 Å². The van der Waals surface area contributed by atoms with Gasteiger partial charge in [0.05, 0.1) is 14.2 Å². The van der Waals surface area contributed by atoms with Crippen LogP contribution in [0, 0.1) is 5.82 Å². The molecule has 0 aliphatic carbocycles. The molecule has 5 nitrogen and oxygen atoms in total. The van der Waals surface area contributed by atoms with E-state index in [0.717, 1.165) is 0 Å². The van der Waals surface area contributed by atoms with Crippen LogP contribution in [0.3, 0.4) is 0 Å². The number of hydrogen-bond acceptors (Lipinski definition) is 5. The van der Waals surface area contributed by atoms with Crippen molar-refractivity contribution in [1.29, 1.82) is 0 Å². The van der Waals surface area contributed by atoms with E-state index in [1.165, 1.54) is 32.7 Å². The van der Waals surface area contributed by atoms with Gasteiger partial charge in [-0.1, -0.05) is 0 Å². The minimum Gasteiger partial charge on any atom is -0.494 e. The molecule has 18 heavy (non-hydrogen) atoms. The molecule has 0 atom stereocenters. The Bertz CT molecular complexity index is 575. The predicted molar refractivity (Wildman–Crippen MR) is 64.9 cm³/mol. The number of rotatable bonds is 3. The molecule has 0 amide bonds. The smallest absolute Gasteiger partial charge is 0.187 e. The summed E-state index contributed by atoms with van der Waals surface area (Å²) in [6.45, 7) is 0. The second kappa shape index (κ2) is 4.87. The lowest BCUT2D eigenvalue weighted by molar-refractivity contribution is 0.386. The summed E-state index contributed by atoms with van der Waals surface area (Å²) < 4.78 is 23.6. The average Bonchev–Trinajstić information content (AvgIpc) is 2.38. The van der Waals surface area contributed by atoms with Crippen LogP contribution in [0.25, 0.3) is 11.3 Å². The fourth-order valence-electron chi connectivity index (χ4n) is 1.61. The summed E-state index contributed by atoms with van der Waals surface area (Å²) in [6.07, 6.45) is 1.30. The van der Waals surface area contributed by atoms with E-state index in [1.807, 2.05) is 0 Å². The third kappa shape index (κ3) is 2.04. The molecule has 2 N–H and O–H groups in total. The SMILES string of the molecule is COc1ccc(-c2ncnc(N)c2OC)cc1F. The van der Waals surface area contributed by atoms with Crippen LogP contribution in [0.15, 0.2) is 24.5 Å². The highest BCUT2D eigenvalue weighted by atomic mass is 19.1. The molecular formula is C12H12FN3O2. The summed E-state index contributed by atoms with van der Waals surface area (Å²) in [5, 5.41) is 0. The number of aromatic nitrogens is 2. The molecule has 0 saturated carbocycles. The Morgan fingerprint density at radius 1 is 1.17 bits per heavy atom. The van der Waals surface area contributed by atoms with E-state index in [2.05, 4.69) is 9.97 Å². The monoisotopic (exact) mass is 249 g/mol. The van der Waals surface area contributed by atoms with Crippen molar-refractivity contribution in [2.24, 2.45) is 0 Å². The summed E-state index contributed by atoms with van der Waals surface area (Å²) in [7, 11) is 2.86. The highest BCUT2D eigenvalue weighted by Gasteiger charge is 2.13. The van der Waals surface area contributed by atoms with Crippen LogP contribution in [0.5, 0.6) is 11.5 Å². The molecule has 6 heteroatoms. The van der Waals surface area contributed by atoms with Gasteiger partial charge in [0.1, 0.15) is 12.0 Å². The van der Waals surface area contributed by atoms with Crippen LogP contribution >= 0.6 is 0 Å². The van der Waals surface area contributed by atoms with Gasteiger partial charge < -0.3 is 15.2 Å². The summed E-state index contributed by atoms with van der Waals surface area (Å²) in [5.41, 5.74) is 6.65. The number of ether oxygens (including phenoxy) is 2. The third-order valence-corrected chi connectivity index (χ3v) is 2.46. The van der Waals surface area contributed by atoms with E-state index in [9.17, 15) is 4.39 Å². The van der Waals surface area contributed by atoms with Crippen molar-refractivity contribution in [2.75, 3.05) is 20.0 Å². The first-order valence-electron chi connectivity index (χ1n) is 5.15. The number of halogens is 1. The minimum absolute atomic E-state index is 0.166. The molecule has 1 aromatic heterocycles. The van der Waals surface area contributed by atoms with Gasteiger partial charge in [0.15, 0.2) is 23.1 Å². The molecule has 1 heterocycles. The number of anilines is 1. The maximum atomic E-state index is 13.6. The Hall–Kier alpha value is -2.37. The topological polar surface area (TPSA) is 70.3 Å². The molecule has 1 aromatic carbocycles. The lowest BCUT2D eigenvalue weighted by atomic mass is 10.1. The number of nitrogens with zero attached hydrogens (tertiary/aromatic N) is 2. The van der Waals surface area contributed by atoms with E-state index >= 15 is 0 Å². The van der Waals surface area contributed by atoms with Crippen molar-refractivity contribution in [3.63, 3.8) is 0 Å². The van der Waals surface area contributed by atoms with Crippen molar-refractivity contribution < 1.29 is 13.9 Å². The van der Waals surface area contributed by atoms with Crippen LogP contribution in [0.1, 0.15) is 0 Å². The Labute approximate surface area is 103 Å². The van der Waals surface area contributed by atoms with Gasteiger partial charge in [0.25, 0.3) is 0 Å². The second-order valence-electron chi connectivity index (χ2n) is 3.49. The molecule has 2 rings (SSSR count). The van der Waals surface area contributed by atoms with Crippen molar-refractivity contribution in [1.82, 2.24) is 9.97 Å². The molecule has 0 fully saturated rings. The molecule has 0 aliphatic heterocycles. The first-order valence-corrected chi connectivity index (χ1v) is 5.15. The Morgan fingerprint density at radius 3 is 2.56 bits per heavy atom. The fourth-order valence-corrected chi connectivity index (χ4v) is 1.61. The normalized spacial score (nSPS) is 10.2. The molecule has 0 bridgehead atoms. The Morgan fingerprint density at radius 2 is 1.94 bits per heavy atom. The van der Waals surface area contributed by atoms with Crippen molar-refractivity contribution in [3.05, 3.63) is 30.3 Å². The van der Waals surface area contributed by atoms with Crippen molar-refractivity contribution >= 4 is 5.82 Å². The lowest BCUT2D eigenvalue weighted by Gasteiger charge is -2.10. The number of methoxy groups -OCH3 is 2. The van der Waals surface area contributed by atoms with E-state index in [1.54, 1.807) is 6.07 Å². The molecule has 0 spiro atoms. The van der Waals surface area contributed by atoms with E-state index < -0.39 is 5.82 Å². The van der Waals surface area contributed by atoms with Gasteiger partial charge >= 0.3 is 0 Å². The minimum atomic E-state index is -0.478. The van der Waals surface area contributed by atoms with Gasteiger partial charge in [-0.25, -0.2) is 14.4 Å². The molecule has 0 saturated heterocycles. The second-order valence-corrected chi connectivity index (χ2v) is 3.49. The van der Waals surface area contributed by atoms with Gasteiger partial charge in [0.2, 0.25) is 0 Å². The van der Waals surface area contributed by atoms with Gasteiger partial charge in [0, 0.05) is 5.56 Å². The molecule has 2 aromatic rings. The van der Waals surface area contributed by atoms with Crippen LogP contribution in [0.2, 0.25) is 0 Å². The van der Waals surface area contributed by atoms with Crippen molar-refractivity contribution in [3.8, 4) is 22.8 Å². The predicted octanol–water partition coefficient (Wildman–Crippen LogP) is 1.88. The third-order valence-electron chi connectivity index (χ3n) is 2.46. The van der Waals surface area contributed by atoms with Gasteiger partial charge in [-0.3, -0.25) is 0 Å². The zero-order valence-electron chi connectivity index (χ0n) is 9.98. The number of nitrogen functional groups attached to an aromatic ring is 1. The Balaban J connectivity index is 2.55. The van der Waals surface area contributed by atoms with Crippen LogP contribution in [-0.2, 0) is 0 Å². The standard InChI is InChI=1S/C12H12FN3O2/c1-17-9-4-3-7(5-8(9)13)10-11(18-2)12(14)16-6-15-10/h3-6H,1-2H3,(H2,14,15,16). The Kier molecular flexibility index (Phi) is 3.27. The van der Waals surface area contributed by atoms with Crippen LogP contribution < -0.4 is 15.2 Å². The zero-order chi connectivity index (χ0) is 13.1. The highest BCUT2D eigenvalue weighted by molar-refractivity contribution is 5.71. The lowest BCUT2D eigenvalue weighted by Crippen LogP contribution is -2.00. The summed E-state index contributed by atoms with van der Waals surface area (Å²) >= 11 is 0. The summed E-state index contributed by atoms with van der Waals surface area (Å²) in [6, 6.07) is 4.50. The molecule has 94 valence electrons. The number of nitrogens with two attached hydrogens (primary N) is 1. The fraction of sp³-hybridized carbons (Fsp3) is 0.167. The van der Waals surface area contributed by atoms with Gasteiger partial charge in [-0.15, -0.1) is 0 Å². The van der Waals surface area contributed by atoms with E-state index in [0.29, 0.717) is 17.0 Å². The first kappa shape index (κ1) is 12.1. The highest BCUT2D eigenvalue weighted by Crippen LogP contribution is 2.33. The maximum Gasteiger partial charge on any atom is 0.187 e. The molecule has 0 unspecified atom stereocenters. The van der Waals surface area contributed by atoms with E-state index in [-0.39, 0.29) is 11.6 Å². The van der Waals surface area contributed by atoms with Crippen LogP contribution in [0.4, 0.5) is 10.2 Å². The van der Waals surface area contributed by atoms with Gasteiger partial charge in [-0.05, 0) is 18.2 Å². The number of benzene rings is 1. The largest absolute Gasteiger partial charge is 0.494 e. The molecular weight excluding hydrogens is 237 g/mol. The molecule has 0 aliphatic rings. The first-order chi connectivity index (χ1) is 8.67. The number of hydrogen-bond donors (Lipinski definition) is 1.